The summed E-state index contributed by atoms with van der Waals surface area (Å²) in [5.74, 6) is 1.49. The third-order valence-electron chi connectivity index (χ3n) is 2.62. The molecule has 1 aromatic rings. The Kier molecular flexibility index (Phi) is 4.63. The molecule has 0 spiro atoms. The van der Waals surface area contributed by atoms with Gasteiger partial charge in [-0.25, -0.2) is 0 Å². The normalized spacial score (nSPS) is 11.1. The van der Waals surface area contributed by atoms with E-state index in [4.69, 9.17) is 14.6 Å². The number of benzene rings is 1. The highest BCUT2D eigenvalue weighted by Crippen LogP contribution is 2.31. The number of hydrogen-bond acceptors (Lipinski definition) is 4. The Morgan fingerprint density at radius 2 is 1.94 bits per heavy atom. The average molecular weight is 239 g/mol. The predicted molar refractivity (Wildman–Crippen MR) is 69.0 cm³/mol. The summed E-state index contributed by atoms with van der Waals surface area (Å²) in [5, 5.41) is 12.3. The second-order valence-corrected chi connectivity index (χ2v) is 4.55. The number of ether oxygens (including phenoxy) is 2. The average Bonchev–Trinajstić information content (AvgIpc) is 2.29. The summed E-state index contributed by atoms with van der Waals surface area (Å²) >= 11 is 0. The minimum atomic E-state index is -0.184. The predicted octanol–water partition coefficient (Wildman–Crippen LogP) is 2.28. The van der Waals surface area contributed by atoms with E-state index in [1.54, 1.807) is 14.2 Å². The van der Waals surface area contributed by atoms with Crippen LogP contribution in [0.15, 0.2) is 18.2 Å². The fraction of sp³-hybridized carbons (Fsp3) is 0.538. The number of rotatable bonds is 6. The molecule has 17 heavy (non-hydrogen) atoms. The van der Waals surface area contributed by atoms with E-state index in [9.17, 15) is 0 Å². The molecule has 1 aromatic carbocycles. The van der Waals surface area contributed by atoms with Gasteiger partial charge in [0, 0.05) is 18.2 Å². The molecule has 0 heterocycles. The van der Waals surface area contributed by atoms with Crippen LogP contribution in [-0.2, 0) is 0 Å². The Balaban J connectivity index is 2.90. The molecule has 2 N–H and O–H groups in total. The minimum absolute atomic E-state index is 0.151. The molecule has 4 nitrogen and oxygen atoms in total. The number of aliphatic hydroxyl groups excluding tert-OH is 1. The topological polar surface area (TPSA) is 50.7 Å². The molecule has 0 unspecified atom stereocenters. The zero-order valence-electron chi connectivity index (χ0n) is 10.9. The first-order valence-corrected chi connectivity index (χ1v) is 5.63. The van der Waals surface area contributed by atoms with Crippen molar-refractivity contribution in [3.05, 3.63) is 18.2 Å². The molecule has 0 aromatic heterocycles. The molecule has 4 heteroatoms. The van der Waals surface area contributed by atoms with Gasteiger partial charge in [-0.15, -0.1) is 0 Å². The summed E-state index contributed by atoms with van der Waals surface area (Å²) < 4.78 is 10.4. The van der Waals surface area contributed by atoms with Crippen molar-refractivity contribution in [3.63, 3.8) is 0 Å². The molecule has 0 fully saturated rings. The Bertz CT molecular complexity index is 364. The van der Waals surface area contributed by atoms with Gasteiger partial charge in [0.2, 0.25) is 0 Å². The van der Waals surface area contributed by atoms with Crippen LogP contribution < -0.4 is 14.8 Å². The van der Waals surface area contributed by atoms with E-state index < -0.39 is 0 Å². The van der Waals surface area contributed by atoms with Crippen LogP contribution in [0, 0.1) is 0 Å². The lowest BCUT2D eigenvalue weighted by Gasteiger charge is -2.27. The van der Waals surface area contributed by atoms with Crippen molar-refractivity contribution >= 4 is 5.69 Å². The summed E-state index contributed by atoms with van der Waals surface area (Å²) in [6.45, 7) is 4.22. The van der Waals surface area contributed by atoms with E-state index >= 15 is 0 Å². The van der Waals surface area contributed by atoms with Gasteiger partial charge >= 0.3 is 0 Å². The van der Waals surface area contributed by atoms with Gasteiger partial charge in [-0.05, 0) is 32.4 Å². The van der Waals surface area contributed by atoms with E-state index in [2.05, 4.69) is 5.32 Å². The molecule has 0 saturated heterocycles. The molecule has 1 rings (SSSR count). The van der Waals surface area contributed by atoms with E-state index in [1.165, 1.54) is 0 Å². The van der Waals surface area contributed by atoms with Crippen molar-refractivity contribution in [2.24, 2.45) is 0 Å². The van der Waals surface area contributed by atoms with Crippen molar-refractivity contribution < 1.29 is 14.6 Å². The van der Waals surface area contributed by atoms with E-state index in [1.807, 2.05) is 32.0 Å². The minimum Gasteiger partial charge on any atom is -0.497 e. The van der Waals surface area contributed by atoms with Crippen molar-refractivity contribution in [1.29, 1.82) is 0 Å². The molecule has 0 aliphatic rings. The van der Waals surface area contributed by atoms with Crippen LogP contribution in [0.2, 0.25) is 0 Å². The highest BCUT2D eigenvalue weighted by molar-refractivity contribution is 5.60. The van der Waals surface area contributed by atoms with Gasteiger partial charge in [0.1, 0.15) is 11.5 Å². The van der Waals surface area contributed by atoms with Gasteiger partial charge in [0.05, 0.1) is 19.9 Å². The first-order chi connectivity index (χ1) is 8.02. The molecule has 0 amide bonds. The Morgan fingerprint density at radius 1 is 1.24 bits per heavy atom. The van der Waals surface area contributed by atoms with Crippen LogP contribution in [0.4, 0.5) is 5.69 Å². The second-order valence-electron chi connectivity index (χ2n) is 4.55. The lowest BCUT2D eigenvalue weighted by molar-refractivity contribution is 0.260. The van der Waals surface area contributed by atoms with Crippen LogP contribution in [0.1, 0.15) is 20.3 Å². The van der Waals surface area contributed by atoms with Gasteiger partial charge in [0.15, 0.2) is 0 Å². The van der Waals surface area contributed by atoms with Crippen LogP contribution in [0.25, 0.3) is 0 Å². The highest BCUT2D eigenvalue weighted by atomic mass is 16.5. The number of hydrogen-bond donors (Lipinski definition) is 2. The van der Waals surface area contributed by atoms with Crippen LogP contribution >= 0.6 is 0 Å². The standard InChI is InChI=1S/C13H21NO3/c1-13(2,7-8-15)14-11-6-5-10(16-3)9-12(11)17-4/h5-6,9,14-15H,7-8H2,1-4H3. The largest absolute Gasteiger partial charge is 0.497 e. The first-order valence-electron chi connectivity index (χ1n) is 5.63. The zero-order chi connectivity index (χ0) is 12.9. The lowest BCUT2D eigenvalue weighted by Crippen LogP contribution is -2.32. The third kappa shape index (κ3) is 3.82. The molecule has 96 valence electrons. The molecule has 0 aliphatic heterocycles. The summed E-state index contributed by atoms with van der Waals surface area (Å²) in [7, 11) is 3.25. The van der Waals surface area contributed by atoms with Gasteiger partial charge < -0.3 is 19.9 Å². The molecule has 0 saturated carbocycles. The quantitative estimate of drug-likeness (QED) is 0.799. The fourth-order valence-electron chi connectivity index (χ4n) is 1.61. The maximum atomic E-state index is 9.00. The zero-order valence-corrected chi connectivity index (χ0v) is 10.9. The molecular weight excluding hydrogens is 218 g/mol. The molecule has 0 atom stereocenters. The van der Waals surface area contributed by atoms with E-state index in [0.717, 1.165) is 17.2 Å². The lowest BCUT2D eigenvalue weighted by atomic mass is 10.0. The van der Waals surface area contributed by atoms with E-state index in [0.29, 0.717) is 6.42 Å². The number of anilines is 1. The Morgan fingerprint density at radius 3 is 2.47 bits per heavy atom. The maximum absolute atomic E-state index is 9.00. The first kappa shape index (κ1) is 13.6. The summed E-state index contributed by atoms with van der Waals surface area (Å²) in [6, 6.07) is 5.62. The summed E-state index contributed by atoms with van der Waals surface area (Å²) in [6.07, 6.45) is 0.669. The second kappa shape index (κ2) is 5.77. The molecule has 0 bridgehead atoms. The maximum Gasteiger partial charge on any atom is 0.145 e. The van der Waals surface area contributed by atoms with Crippen LogP contribution in [-0.4, -0.2) is 31.5 Å². The highest BCUT2D eigenvalue weighted by Gasteiger charge is 2.18. The number of methoxy groups -OCH3 is 2. The van der Waals surface area contributed by atoms with Crippen molar-refractivity contribution in [2.45, 2.75) is 25.8 Å². The van der Waals surface area contributed by atoms with Gasteiger partial charge in [-0.2, -0.15) is 0 Å². The molecule has 0 aliphatic carbocycles. The summed E-state index contributed by atoms with van der Waals surface area (Å²) in [4.78, 5) is 0. The number of nitrogens with one attached hydrogen (secondary N) is 1. The van der Waals surface area contributed by atoms with Crippen LogP contribution in [0.3, 0.4) is 0 Å². The van der Waals surface area contributed by atoms with Crippen molar-refractivity contribution in [3.8, 4) is 11.5 Å². The third-order valence-corrected chi connectivity index (χ3v) is 2.62. The SMILES string of the molecule is COc1ccc(NC(C)(C)CCO)c(OC)c1. The van der Waals surface area contributed by atoms with Crippen LogP contribution in [0.5, 0.6) is 11.5 Å². The Labute approximate surface area is 103 Å². The molecule has 0 radical (unpaired) electrons. The molecular formula is C13H21NO3. The van der Waals surface area contributed by atoms with Gasteiger partial charge in [-0.3, -0.25) is 0 Å². The smallest absolute Gasteiger partial charge is 0.145 e. The van der Waals surface area contributed by atoms with E-state index in [-0.39, 0.29) is 12.1 Å². The van der Waals surface area contributed by atoms with Gasteiger partial charge in [-0.1, -0.05) is 0 Å². The Hall–Kier alpha value is -1.42. The van der Waals surface area contributed by atoms with Gasteiger partial charge in [0.25, 0.3) is 0 Å². The number of aliphatic hydroxyl groups is 1. The fourth-order valence-corrected chi connectivity index (χ4v) is 1.61. The van der Waals surface area contributed by atoms with Crippen molar-refractivity contribution in [2.75, 3.05) is 26.1 Å². The van der Waals surface area contributed by atoms with Crippen molar-refractivity contribution in [1.82, 2.24) is 0 Å². The monoisotopic (exact) mass is 239 g/mol. The summed E-state index contributed by atoms with van der Waals surface area (Å²) in [5.41, 5.74) is 0.711.